The van der Waals surface area contributed by atoms with Crippen molar-refractivity contribution < 1.29 is 13.7 Å². The van der Waals surface area contributed by atoms with Gasteiger partial charge in [-0.25, -0.2) is 4.39 Å². The van der Waals surface area contributed by atoms with Gasteiger partial charge in [0, 0.05) is 17.9 Å². The highest BCUT2D eigenvalue weighted by Crippen LogP contribution is 2.32. The van der Waals surface area contributed by atoms with Crippen LogP contribution >= 0.6 is 11.8 Å². The van der Waals surface area contributed by atoms with Gasteiger partial charge in [-0.1, -0.05) is 17.3 Å². The van der Waals surface area contributed by atoms with Gasteiger partial charge in [0.1, 0.15) is 11.6 Å². The Bertz CT molecular complexity index is 682. The molecule has 1 amide bonds. The van der Waals surface area contributed by atoms with Crippen LogP contribution in [0.3, 0.4) is 0 Å². The Labute approximate surface area is 132 Å². The average molecular weight is 320 g/mol. The molecule has 116 valence electrons. The lowest BCUT2D eigenvalue weighted by Crippen LogP contribution is -2.28. The zero-order chi connectivity index (χ0) is 15.7. The number of hydrogen-bond acceptors (Lipinski definition) is 4. The Balaban J connectivity index is 1.68. The summed E-state index contributed by atoms with van der Waals surface area (Å²) >= 11 is 1.57. The third-order valence-electron chi connectivity index (χ3n) is 3.91. The Morgan fingerprint density at radius 1 is 1.41 bits per heavy atom. The Morgan fingerprint density at radius 3 is 2.86 bits per heavy atom. The molecule has 0 N–H and O–H groups in total. The van der Waals surface area contributed by atoms with E-state index in [0.29, 0.717) is 18.0 Å². The van der Waals surface area contributed by atoms with Crippen LogP contribution in [0.2, 0.25) is 0 Å². The zero-order valence-corrected chi connectivity index (χ0v) is 13.3. The van der Waals surface area contributed by atoms with Gasteiger partial charge in [-0.2, -0.15) is 0 Å². The SMILES string of the molecule is Cc1noc(C)c1CS[C@@H]1CCN(c2ccccc2F)C1=O. The molecule has 1 aliphatic rings. The fourth-order valence-corrected chi connectivity index (χ4v) is 3.93. The van der Waals surface area contributed by atoms with Gasteiger partial charge in [-0.15, -0.1) is 11.8 Å². The van der Waals surface area contributed by atoms with Crippen LogP contribution in [0.4, 0.5) is 10.1 Å². The summed E-state index contributed by atoms with van der Waals surface area (Å²) in [7, 11) is 0. The summed E-state index contributed by atoms with van der Waals surface area (Å²) in [6.07, 6.45) is 0.723. The number of nitrogens with zero attached hydrogens (tertiary/aromatic N) is 2. The molecule has 22 heavy (non-hydrogen) atoms. The largest absolute Gasteiger partial charge is 0.361 e. The zero-order valence-electron chi connectivity index (χ0n) is 12.5. The Hall–Kier alpha value is -1.82. The maximum atomic E-state index is 13.8. The number of carbonyl (C=O) groups excluding carboxylic acids is 1. The molecule has 0 radical (unpaired) electrons. The summed E-state index contributed by atoms with van der Waals surface area (Å²) < 4.78 is 19.0. The van der Waals surface area contributed by atoms with Gasteiger partial charge >= 0.3 is 0 Å². The molecule has 1 saturated heterocycles. The molecule has 1 aromatic carbocycles. The van der Waals surface area contributed by atoms with Crippen molar-refractivity contribution in [1.82, 2.24) is 5.16 Å². The molecule has 1 aromatic heterocycles. The van der Waals surface area contributed by atoms with E-state index in [1.54, 1.807) is 34.9 Å². The number of aryl methyl sites for hydroxylation is 2. The number of aromatic nitrogens is 1. The number of anilines is 1. The monoisotopic (exact) mass is 320 g/mol. The van der Waals surface area contributed by atoms with E-state index in [1.165, 1.54) is 6.07 Å². The normalized spacial score (nSPS) is 18.2. The lowest BCUT2D eigenvalue weighted by atomic mass is 10.2. The third kappa shape index (κ3) is 2.75. The maximum Gasteiger partial charge on any atom is 0.240 e. The molecule has 0 aliphatic carbocycles. The summed E-state index contributed by atoms with van der Waals surface area (Å²) in [6.45, 7) is 4.32. The Morgan fingerprint density at radius 2 is 2.18 bits per heavy atom. The van der Waals surface area contributed by atoms with Gasteiger partial charge in [0.05, 0.1) is 16.6 Å². The molecule has 1 fully saturated rings. The molecule has 2 aromatic rings. The second-order valence-corrected chi connectivity index (χ2v) is 6.52. The second kappa shape index (κ2) is 6.12. The number of rotatable bonds is 4. The lowest BCUT2D eigenvalue weighted by Gasteiger charge is -2.17. The van der Waals surface area contributed by atoms with Crippen LogP contribution in [0.25, 0.3) is 0 Å². The molecule has 0 unspecified atom stereocenters. The van der Waals surface area contributed by atoms with Crippen molar-refractivity contribution in [2.24, 2.45) is 0 Å². The van der Waals surface area contributed by atoms with E-state index >= 15 is 0 Å². The van der Waals surface area contributed by atoms with Crippen LogP contribution < -0.4 is 4.90 Å². The van der Waals surface area contributed by atoms with Gasteiger partial charge < -0.3 is 9.42 Å². The van der Waals surface area contributed by atoms with Crippen LogP contribution in [-0.2, 0) is 10.5 Å². The second-order valence-electron chi connectivity index (χ2n) is 5.33. The van der Waals surface area contributed by atoms with Gasteiger partial charge in [0.25, 0.3) is 0 Å². The summed E-state index contributed by atoms with van der Waals surface area (Å²) in [5.74, 6) is 1.10. The molecular weight excluding hydrogens is 303 g/mol. The van der Waals surface area contributed by atoms with Crippen LogP contribution in [-0.4, -0.2) is 22.9 Å². The highest BCUT2D eigenvalue weighted by Gasteiger charge is 2.34. The highest BCUT2D eigenvalue weighted by molar-refractivity contribution is 7.99. The quantitative estimate of drug-likeness (QED) is 0.865. The molecule has 0 bridgehead atoms. The number of para-hydroxylation sites is 1. The molecular formula is C16H17FN2O2S. The molecule has 1 aliphatic heterocycles. The minimum absolute atomic E-state index is 0.0261. The average Bonchev–Trinajstić information content (AvgIpc) is 3.02. The molecule has 3 rings (SSSR count). The van der Waals surface area contributed by atoms with E-state index in [4.69, 9.17) is 4.52 Å². The van der Waals surface area contributed by atoms with E-state index < -0.39 is 0 Å². The molecule has 0 spiro atoms. The molecule has 0 saturated carbocycles. The van der Waals surface area contributed by atoms with Gasteiger partial charge in [0.15, 0.2) is 0 Å². The lowest BCUT2D eigenvalue weighted by molar-refractivity contribution is -0.116. The van der Waals surface area contributed by atoms with Crippen LogP contribution in [0.5, 0.6) is 0 Å². The van der Waals surface area contributed by atoms with Crippen LogP contribution in [0.15, 0.2) is 28.8 Å². The van der Waals surface area contributed by atoms with Crippen molar-refractivity contribution in [3.05, 3.63) is 47.1 Å². The van der Waals surface area contributed by atoms with Crippen molar-refractivity contribution in [3.63, 3.8) is 0 Å². The van der Waals surface area contributed by atoms with Gasteiger partial charge in [0.2, 0.25) is 5.91 Å². The first-order chi connectivity index (χ1) is 10.6. The van der Waals surface area contributed by atoms with E-state index in [1.807, 2.05) is 13.8 Å². The van der Waals surface area contributed by atoms with Crippen molar-refractivity contribution in [2.75, 3.05) is 11.4 Å². The maximum absolute atomic E-state index is 13.8. The van der Waals surface area contributed by atoms with Crippen LogP contribution in [0, 0.1) is 19.7 Å². The topological polar surface area (TPSA) is 46.3 Å². The molecule has 6 heteroatoms. The first-order valence-corrected chi connectivity index (χ1v) is 8.22. The van der Waals surface area contributed by atoms with E-state index in [-0.39, 0.29) is 17.0 Å². The highest BCUT2D eigenvalue weighted by atomic mass is 32.2. The number of carbonyl (C=O) groups is 1. The van der Waals surface area contributed by atoms with E-state index in [9.17, 15) is 9.18 Å². The van der Waals surface area contributed by atoms with Gasteiger partial charge in [-0.05, 0) is 32.4 Å². The van der Waals surface area contributed by atoms with Crippen LogP contribution in [0.1, 0.15) is 23.4 Å². The number of hydrogen-bond donors (Lipinski definition) is 0. The molecule has 2 heterocycles. The molecule has 1 atom stereocenters. The standard InChI is InChI=1S/C16H17FN2O2S/c1-10-12(11(2)21-18-10)9-22-15-7-8-19(16(15)20)14-6-4-3-5-13(14)17/h3-6,15H,7-9H2,1-2H3/t15-/m1/s1. The number of amides is 1. The number of benzene rings is 1. The van der Waals surface area contributed by atoms with Crippen molar-refractivity contribution >= 4 is 23.4 Å². The minimum Gasteiger partial charge on any atom is -0.361 e. The van der Waals surface area contributed by atoms with Gasteiger partial charge in [-0.3, -0.25) is 4.79 Å². The summed E-state index contributed by atoms with van der Waals surface area (Å²) in [5, 5.41) is 3.78. The van der Waals surface area contributed by atoms with E-state index in [2.05, 4.69) is 5.16 Å². The van der Waals surface area contributed by atoms with E-state index in [0.717, 1.165) is 23.4 Å². The van der Waals surface area contributed by atoms with Crippen molar-refractivity contribution in [2.45, 2.75) is 31.3 Å². The Kier molecular flexibility index (Phi) is 4.20. The first-order valence-electron chi connectivity index (χ1n) is 7.17. The number of halogens is 1. The fourth-order valence-electron chi connectivity index (χ4n) is 2.61. The predicted molar refractivity (Wildman–Crippen MR) is 84.4 cm³/mol. The summed E-state index contributed by atoms with van der Waals surface area (Å²) in [4.78, 5) is 14.0. The predicted octanol–water partition coefficient (Wildman–Crippen LogP) is 3.47. The summed E-state index contributed by atoms with van der Waals surface area (Å²) in [5.41, 5.74) is 2.27. The minimum atomic E-state index is -0.354. The fraction of sp³-hybridized carbons (Fsp3) is 0.375. The van der Waals surface area contributed by atoms with Crippen molar-refractivity contribution in [3.8, 4) is 0 Å². The number of thioether (sulfide) groups is 1. The first kappa shape index (κ1) is 15.1. The summed E-state index contributed by atoms with van der Waals surface area (Å²) in [6, 6.07) is 6.40. The molecule has 4 nitrogen and oxygen atoms in total. The smallest absolute Gasteiger partial charge is 0.240 e. The third-order valence-corrected chi connectivity index (χ3v) is 5.20. The van der Waals surface area contributed by atoms with Crippen molar-refractivity contribution in [1.29, 1.82) is 0 Å².